The van der Waals surface area contributed by atoms with E-state index in [2.05, 4.69) is 5.32 Å². The van der Waals surface area contributed by atoms with E-state index in [1.54, 1.807) is 30.3 Å². The molecule has 134 valence electrons. The second-order valence-corrected chi connectivity index (χ2v) is 5.59. The van der Waals surface area contributed by atoms with Crippen molar-refractivity contribution in [3.8, 4) is 11.5 Å². The smallest absolute Gasteiger partial charge is 0.329 e. The van der Waals surface area contributed by atoms with E-state index in [1.807, 2.05) is 0 Å². The lowest BCUT2D eigenvalue weighted by molar-refractivity contribution is -0.123. The molecular formula is C19H17FN2O4. The molecule has 0 aliphatic carbocycles. The van der Waals surface area contributed by atoms with E-state index >= 15 is 0 Å². The summed E-state index contributed by atoms with van der Waals surface area (Å²) >= 11 is 0. The molecule has 0 spiro atoms. The molecule has 3 rings (SSSR count). The lowest BCUT2D eigenvalue weighted by Crippen LogP contribution is -2.30. The summed E-state index contributed by atoms with van der Waals surface area (Å²) in [6.07, 6.45) is 1.53. The van der Waals surface area contributed by atoms with Crippen molar-refractivity contribution >= 4 is 18.0 Å². The van der Waals surface area contributed by atoms with E-state index in [9.17, 15) is 14.0 Å². The summed E-state index contributed by atoms with van der Waals surface area (Å²) in [7, 11) is 3.03. The molecule has 0 radical (unpaired) electrons. The van der Waals surface area contributed by atoms with Gasteiger partial charge in [0.05, 0.1) is 20.8 Å². The van der Waals surface area contributed by atoms with E-state index in [-0.39, 0.29) is 17.8 Å². The Bertz CT molecular complexity index is 895. The monoisotopic (exact) mass is 356 g/mol. The minimum absolute atomic E-state index is 0.110. The van der Waals surface area contributed by atoms with Gasteiger partial charge in [0.25, 0.3) is 5.91 Å². The molecule has 1 aliphatic heterocycles. The number of hydrogen-bond acceptors (Lipinski definition) is 4. The Hall–Kier alpha value is -3.35. The SMILES string of the molecule is COc1ccc(C=C2NC(=O)N(Cc3ccccc3F)C2=O)cc1OC. The molecule has 1 aliphatic rings. The van der Waals surface area contributed by atoms with Crippen LogP contribution in [0.3, 0.4) is 0 Å². The number of benzene rings is 2. The summed E-state index contributed by atoms with van der Waals surface area (Å²) in [5, 5.41) is 2.51. The van der Waals surface area contributed by atoms with Crippen LogP contribution in [-0.2, 0) is 11.3 Å². The number of amides is 3. The maximum Gasteiger partial charge on any atom is 0.329 e. The van der Waals surface area contributed by atoms with Gasteiger partial charge in [-0.05, 0) is 29.8 Å². The number of methoxy groups -OCH3 is 2. The lowest BCUT2D eigenvalue weighted by atomic mass is 10.1. The Labute approximate surface area is 149 Å². The van der Waals surface area contributed by atoms with Crippen molar-refractivity contribution in [2.45, 2.75) is 6.54 Å². The van der Waals surface area contributed by atoms with Gasteiger partial charge in [-0.2, -0.15) is 0 Å². The highest BCUT2D eigenvalue weighted by atomic mass is 19.1. The summed E-state index contributed by atoms with van der Waals surface area (Å²) in [4.78, 5) is 25.6. The normalized spacial score (nSPS) is 15.3. The fraction of sp³-hybridized carbons (Fsp3) is 0.158. The summed E-state index contributed by atoms with van der Waals surface area (Å²) < 4.78 is 24.2. The average molecular weight is 356 g/mol. The van der Waals surface area contributed by atoms with Crippen molar-refractivity contribution in [3.63, 3.8) is 0 Å². The molecular weight excluding hydrogens is 339 g/mol. The predicted molar refractivity (Wildman–Crippen MR) is 93.0 cm³/mol. The number of ether oxygens (including phenoxy) is 2. The topological polar surface area (TPSA) is 67.9 Å². The first kappa shape index (κ1) is 17.5. The number of nitrogens with one attached hydrogen (secondary N) is 1. The van der Waals surface area contributed by atoms with Gasteiger partial charge in [0.1, 0.15) is 11.5 Å². The molecule has 6 nitrogen and oxygen atoms in total. The molecule has 26 heavy (non-hydrogen) atoms. The number of urea groups is 1. The number of rotatable bonds is 5. The van der Waals surface area contributed by atoms with Crippen molar-refractivity contribution in [3.05, 3.63) is 65.1 Å². The number of halogens is 1. The van der Waals surface area contributed by atoms with Crippen LogP contribution < -0.4 is 14.8 Å². The van der Waals surface area contributed by atoms with Gasteiger partial charge < -0.3 is 14.8 Å². The molecule has 7 heteroatoms. The third-order valence-corrected chi connectivity index (χ3v) is 3.97. The maximum absolute atomic E-state index is 13.8. The molecule has 0 bridgehead atoms. The van der Waals surface area contributed by atoms with Crippen LogP contribution in [0.2, 0.25) is 0 Å². The van der Waals surface area contributed by atoms with Crippen molar-refractivity contribution in [2.24, 2.45) is 0 Å². The minimum Gasteiger partial charge on any atom is -0.493 e. The number of carbonyl (C=O) groups is 2. The zero-order valence-corrected chi connectivity index (χ0v) is 14.3. The van der Waals surface area contributed by atoms with E-state index in [4.69, 9.17) is 9.47 Å². The number of nitrogens with zero attached hydrogens (tertiary/aromatic N) is 1. The van der Waals surface area contributed by atoms with E-state index < -0.39 is 17.8 Å². The molecule has 0 atom stereocenters. The molecule has 3 amide bonds. The van der Waals surface area contributed by atoms with Crippen molar-refractivity contribution in [2.75, 3.05) is 14.2 Å². The van der Waals surface area contributed by atoms with Crippen LogP contribution in [-0.4, -0.2) is 31.1 Å². The van der Waals surface area contributed by atoms with Crippen molar-refractivity contribution < 1.29 is 23.5 Å². The van der Waals surface area contributed by atoms with Crippen LogP contribution in [0.1, 0.15) is 11.1 Å². The molecule has 1 heterocycles. The zero-order chi connectivity index (χ0) is 18.7. The van der Waals surface area contributed by atoms with Gasteiger partial charge in [-0.3, -0.25) is 9.69 Å². The highest BCUT2D eigenvalue weighted by Crippen LogP contribution is 2.29. The van der Waals surface area contributed by atoms with Crippen LogP contribution >= 0.6 is 0 Å². The molecule has 0 unspecified atom stereocenters. The largest absolute Gasteiger partial charge is 0.493 e. The van der Waals surface area contributed by atoms with Gasteiger partial charge in [0.15, 0.2) is 11.5 Å². The third kappa shape index (κ3) is 3.37. The Kier molecular flexibility index (Phi) is 4.88. The van der Waals surface area contributed by atoms with Gasteiger partial charge in [-0.25, -0.2) is 9.18 Å². The van der Waals surface area contributed by atoms with Gasteiger partial charge in [0.2, 0.25) is 0 Å². The highest BCUT2D eigenvalue weighted by molar-refractivity contribution is 6.13. The van der Waals surface area contributed by atoms with Gasteiger partial charge in [-0.1, -0.05) is 24.3 Å². The quantitative estimate of drug-likeness (QED) is 0.661. The molecule has 2 aromatic rings. The molecule has 1 saturated heterocycles. The first-order valence-electron chi connectivity index (χ1n) is 7.83. The summed E-state index contributed by atoms with van der Waals surface area (Å²) in [6, 6.07) is 10.5. The van der Waals surface area contributed by atoms with Crippen molar-refractivity contribution in [1.29, 1.82) is 0 Å². The zero-order valence-electron chi connectivity index (χ0n) is 14.3. The van der Waals surface area contributed by atoms with Crippen molar-refractivity contribution in [1.82, 2.24) is 10.2 Å². The number of carbonyl (C=O) groups excluding carboxylic acids is 2. The van der Waals surface area contributed by atoms with E-state index in [0.29, 0.717) is 17.1 Å². The number of imide groups is 1. The van der Waals surface area contributed by atoms with Gasteiger partial charge >= 0.3 is 6.03 Å². The number of hydrogen-bond donors (Lipinski definition) is 1. The van der Waals surface area contributed by atoms with Crippen LogP contribution in [0.4, 0.5) is 9.18 Å². The molecule has 2 aromatic carbocycles. The van der Waals surface area contributed by atoms with E-state index in [1.165, 1.54) is 32.4 Å². The van der Waals surface area contributed by atoms with Gasteiger partial charge in [-0.15, -0.1) is 0 Å². The molecule has 0 aromatic heterocycles. The van der Waals surface area contributed by atoms with Crippen LogP contribution in [0.15, 0.2) is 48.2 Å². The summed E-state index contributed by atoms with van der Waals surface area (Å²) in [5.41, 5.74) is 1.03. The Morgan fingerprint density at radius 3 is 2.50 bits per heavy atom. The third-order valence-electron chi connectivity index (χ3n) is 3.97. The van der Waals surface area contributed by atoms with Crippen LogP contribution in [0.5, 0.6) is 11.5 Å². The highest BCUT2D eigenvalue weighted by Gasteiger charge is 2.34. The first-order valence-corrected chi connectivity index (χ1v) is 7.83. The Morgan fingerprint density at radius 2 is 1.81 bits per heavy atom. The Balaban J connectivity index is 1.84. The maximum atomic E-state index is 13.8. The molecule has 1 N–H and O–H groups in total. The van der Waals surface area contributed by atoms with Gasteiger partial charge in [0, 0.05) is 5.56 Å². The minimum atomic E-state index is -0.593. The molecule has 1 fully saturated rings. The predicted octanol–water partition coefficient (Wildman–Crippen LogP) is 2.94. The fourth-order valence-electron chi connectivity index (χ4n) is 2.62. The standard InChI is InChI=1S/C19H17FN2O4/c1-25-16-8-7-12(10-17(16)26-2)9-15-18(23)22(19(24)21-15)11-13-5-3-4-6-14(13)20/h3-10H,11H2,1-2H3,(H,21,24). The first-order chi connectivity index (χ1) is 12.5. The van der Waals surface area contributed by atoms with Crippen LogP contribution in [0, 0.1) is 5.82 Å². The Morgan fingerprint density at radius 1 is 1.08 bits per heavy atom. The second kappa shape index (κ2) is 7.26. The lowest BCUT2D eigenvalue weighted by Gasteiger charge is -2.12. The fourth-order valence-corrected chi connectivity index (χ4v) is 2.62. The summed E-state index contributed by atoms with van der Waals surface area (Å²) in [6.45, 7) is -0.138. The average Bonchev–Trinajstić information content (AvgIpc) is 2.90. The summed E-state index contributed by atoms with van der Waals surface area (Å²) in [5.74, 6) is 0.0675. The second-order valence-electron chi connectivity index (χ2n) is 5.59. The molecule has 0 saturated carbocycles. The van der Waals surface area contributed by atoms with E-state index in [0.717, 1.165) is 4.90 Å². The van der Waals surface area contributed by atoms with Crippen LogP contribution in [0.25, 0.3) is 6.08 Å².